The van der Waals surface area contributed by atoms with Crippen molar-refractivity contribution in [1.29, 1.82) is 0 Å². The lowest BCUT2D eigenvalue weighted by atomic mass is 9.94. The molecule has 0 radical (unpaired) electrons. The summed E-state index contributed by atoms with van der Waals surface area (Å²) < 4.78 is 13.3. The van der Waals surface area contributed by atoms with Crippen LogP contribution in [0, 0.1) is 5.92 Å². The van der Waals surface area contributed by atoms with Gasteiger partial charge in [0.25, 0.3) is 0 Å². The fourth-order valence-electron chi connectivity index (χ4n) is 4.27. The summed E-state index contributed by atoms with van der Waals surface area (Å²) in [5.41, 5.74) is 2.09. The van der Waals surface area contributed by atoms with Crippen LogP contribution in [-0.2, 0) is 16.0 Å². The monoisotopic (exact) mass is 358 g/mol. The number of methoxy groups -OCH3 is 1. The first-order valence-corrected chi connectivity index (χ1v) is 9.32. The second-order valence-electron chi connectivity index (χ2n) is 7.13. The van der Waals surface area contributed by atoms with Gasteiger partial charge in [-0.1, -0.05) is 12.5 Å². The standard InChI is InChI=1S/C19H26N4O3/c1-25-18-4-2-3-16(18)17-12-26-8-7-23(17)19(24)21-9-14-5-6-15-10-20-13-22(15)11-14/h5-6,10-11,13,16-18H,2-4,7-9,12H2,1H3,(H,21,24). The fraction of sp³-hybridized carbons (Fsp3) is 0.579. The molecule has 3 heterocycles. The lowest BCUT2D eigenvalue weighted by Gasteiger charge is -2.40. The molecular weight excluding hydrogens is 332 g/mol. The van der Waals surface area contributed by atoms with Crippen molar-refractivity contribution in [3.8, 4) is 0 Å². The van der Waals surface area contributed by atoms with Crippen LogP contribution in [0.4, 0.5) is 4.79 Å². The molecular formula is C19H26N4O3. The van der Waals surface area contributed by atoms with E-state index < -0.39 is 0 Å². The number of rotatable bonds is 4. The van der Waals surface area contributed by atoms with Crippen molar-refractivity contribution in [3.05, 3.63) is 36.4 Å². The first kappa shape index (κ1) is 17.3. The number of nitrogens with zero attached hydrogens (tertiary/aromatic N) is 3. The molecule has 2 amide bonds. The Bertz CT molecular complexity index is 762. The number of morpholine rings is 1. The van der Waals surface area contributed by atoms with E-state index in [1.54, 1.807) is 13.4 Å². The highest BCUT2D eigenvalue weighted by molar-refractivity contribution is 5.74. The number of hydrogen-bond acceptors (Lipinski definition) is 4. The van der Waals surface area contributed by atoms with E-state index >= 15 is 0 Å². The SMILES string of the molecule is COC1CCCC1C1COCCN1C(=O)NCc1ccc2cncn2c1. The van der Waals surface area contributed by atoms with E-state index in [1.807, 2.05) is 33.8 Å². The van der Waals surface area contributed by atoms with E-state index in [2.05, 4.69) is 10.3 Å². The Morgan fingerprint density at radius 2 is 2.35 bits per heavy atom. The van der Waals surface area contributed by atoms with Gasteiger partial charge in [0.2, 0.25) is 0 Å². The van der Waals surface area contributed by atoms with Crippen LogP contribution in [0.25, 0.3) is 5.52 Å². The molecule has 1 saturated heterocycles. The predicted molar refractivity (Wildman–Crippen MR) is 96.9 cm³/mol. The number of nitrogens with one attached hydrogen (secondary N) is 1. The molecule has 140 valence electrons. The van der Waals surface area contributed by atoms with Gasteiger partial charge in [-0.2, -0.15) is 0 Å². The normalized spacial score (nSPS) is 26.3. The Labute approximate surface area is 153 Å². The zero-order valence-corrected chi connectivity index (χ0v) is 15.1. The maximum absolute atomic E-state index is 12.8. The molecule has 2 aliphatic rings. The predicted octanol–water partition coefficient (Wildman–Crippen LogP) is 2.06. The Hall–Kier alpha value is -2.12. The number of aromatic nitrogens is 2. The van der Waals surface area contributed by atoms with Crippen molar-refractivity contribution in [2.45, 2.75) is 38.0 Å². The van der Waals surface area contributed by atoms with Gasteiger partial charge in [-0.05, 0) is 24.5 Å². The van der Waals surface area contributed by atoms with E-state index in [1.165, 1.54) is 0 Å². The molecule has 1 saturated carbocycles. The molecule has 3 unspecified atom stereocenters. The van der Waals surface area contributed by atoms with Crippen molar-refractivity contribution >= 4 is 11.5 Å². The maximum atomic E-state index is 12.8. The molecule has 0 aromatic carbocycles. The van der Waals surface area contributed by atoms with Gasteiger partial charge < -0.3 is 24.1 Å². The maximum Gasteiger partial charge on any atom is 0.318 e. The van der Waals surface area contributed by atoms with Crippen LogP contribution < -0.4 is 5.32 Å². The summed E-state index contributed by atoms with van der Waals surface area (Å²) in [4.78, 5) is 18.9. The number of pyridine rings is 1. The highest BCUT2D eigenvalue weighted by Gasteiger charge is 2.40. The molecule has 3 atom stereocenters. The van der Waals surface area contributed by atoms with Crippen LogP contribution in [0.5, 0.6) is 0 Å². The van der Waals surface area contributed by atoms with Crippen LogP contribution in [0.1, 0.15) is 24.8 Å². The molecule has 7 nitrogen and oxygen atoms in total. The first-order chi connectivity index (χ1) is 12.8. The van der Waals surface area contributed by atoms with E-state index in [0.717, 1.165) is 30.3 Å². The zero-order valence-electron chi connectivity index (χ0n) is 15.1. The van der Waals surface area contributed by atoms with Crippen LogP contribution >= 0.6 is 0 Å². The summed E-state index contributed by atoms with van der Waals surface area (Å²) in [7, 11) is 1.77. The molecule has 26 heavy (non-hydrogen) atoms. The summed E-state index contributed by atoms with van der Waals surface area (Å²) in [6, 6.07) is 4.10. The summed E-state index contributed by atoms with van der Waals surface area (Å²) in [5.74, 6) is 0.355. The fourth-order valence-corrected chi connectivity index (χ4v) is 4.27. The highest BCUT2D eigenvalue weighted by atomic mass is 16.5. The summed E-state index contributed by atoms with van der Waals surface area (Å²) >= 11 is 0. The Balaban J connectivity index is 1.41. The molecule has 1 aliphatic carbocycles. The Morgan fingerprint density at radius 1 is 1.42 bits per heavy atom. The lowest BCUT2D eigenvalue weighted by Crippen LogP contribution is -2.56. The number of hydrogen-bond donors (Lipinski definition) is 1. The average molecular weight is 358 g/mol. The van der Waals surface area contributed by atoms with Crippen molar-refractivity contribution in [2.75, 3.05) is 26.9 Å². The smallest absolute Gasteiger partial charge is 0.318 e. The minimum atomic E-state index is -0.0224. The van der Waals surface area contributed by atoms with E-state index in [4.69, 9.17) is 9.47 Å². The third-order valence-electron chi connectivity index (χ3n) is 5.64. The molecule has 2 aromatic heterocycles. The van der Waals surface area contributed by atoms with Crippen LogP contribution in [0.3, 0.4) is 0 Å². The van der Waals surface area contributed by atoms with Gasteiger partial charge in [0.15, 0.2) is 0 Å². The minimum Gasteiger partial charge on any atom is -0.381 e. The van der Waals surface area contributed by atoms with Crippen LogP contribution in [0.15, 0.2) is 30.9 Å². The number of ether oxygens (including phenoxy) is 2. The quantitative estimate of drug-likeness (QED) is 0.908. The van der Waals surface area contributed by atoms with Gasteiger partial charge in [0.1, 0.15) is 0 Å². The van der Waals surface area contributed by atoms with Crippen molar-refractivity contribution < 1.29 is 14.3 Å². The van der Waals surface area contributed by atoms with Gasteiger partial charge >= 0.3 is 6.03 Å². The third-order valence-corrected chi connectivity index (χ3v) is 5.64. The first-order valence-electron chi connectivity index (χ1n) is 9.32. The second kappa shape index (κ2) is 7.63. The molecule has 2 fully saturated rings. The molecule has 4 rings (SSSR count). The molecule has 1 aliphatic heterocycles. The lowest BCUT2D eigenvalue weighted by molar-refractivity contribution is -0.0399. The number of urea groups is 1. The molecule has 2 aromatic rings. The molecule has 0 bridgehead atoms. The number of fused-ring (bicyclic) bond motifs is 1. The molecule has 1 N–H and O–H groups in total. The van der Waals surface area contributed by atoms with Crippen LogP contribution in [0.2, 0.25) is 0 Å². The summed E-state index contributed by atoms with van der Waals surface area (Å²) in [6.07, 6.45) is 9.11. The number of carbonyl (C=O) groups is 1. The number of imidazole rings is 1. The summed E-state index contributed by atoms with van der Waals surface area (Å²) in [6.45, 7) is 2.31. The number of amides is 2. The Kier molecular flexibility index (Phi) is 5.08. The van der Waals surface area contributed by atoms with Gasteiger partial charge in [-0.3, -0.25) is 0 Å². The van der Waals surface area contributed by atoms with Gasteiger partial charge in [0, 0.05) is 32.3 Å². The molecule has 0 spiro atoms. The van der Waals surface area contributed by atoms with Crippen molar-refractivity contribution in [2.24, 2.45) is 5.92 Å². The zero-order chi connectivity index (χ0) is 17.9. The van der Waals surface area contributed by atoms with Gasteiger partial charge in [0.05, 0.1) is 43.4 Å². The summed E-state index contributed by atoms with van der Waals surface area (Å²) in [5, 5.41) is 3.07. The van der Waals surface area contributed by atoms with E-state index in [9.17, 15) is 4.79 Å². The van der Waals surface area contributed by atoms with Crippen molar-refractivity contribution in [3.63, 3.8) is 0 Å². The van der Waals surface area contributed by atoms with Gasteiger partial charge in [-0.25, -0.2) is 9.78 Å². The third kappa shape index (κ3) is 3.41. The topological polar surface area (TPSA) is 68.1 Å². The van der Waals surface area contributed by atoms with E-state index in [0.29, 0.717) is 32.2 Å². The van der Waals surface area contributed by atoms with Crippen molar-refractivity contribution in [1.82, 2.24) is 19.6 Å². The number of carbonyl (C=O) groups excluding carboxylic acids is 1. The largest absolute Gasteiger partial charge is 0.381 e. The average Bonchev–Trinajstić information content (AvgIpc) is 3.34. The van der Waals surface area contributed by atoms with Crippen LogP contribution in [-0.4, -0.2) is 59.3 Å². The van der Waals surface area contributed by atoms with E-state index in [-0.39, 0.29) is 18.2 Å². The second-order valence-corrected chi connectivity index (χ2v) is 7.13. The highest BCUT2D eigenvalue weighted by Crippen LogP contribution is 2.34. The Morgan fingerprint density at radius 3 is 3.23 bits per heavy atom. The van der Waals surface area contributed by atoms with Gasteiger partial charge in [-0.15, -0.1) is 0 Å². The minimum absolute atomic E-state index is 0.0224. The molecule has 7 heteroatoms.